The van der Waals surface area contributed by atoms with Crippen molar-refractivity contribution >= 4 is 5.97 Å². The van der Waals surface area contributed by atoms with Crippen molar-refractivity contribution in [2.45, 2.75) is 44.2 Å². The van der Waals surface area contributed by atoms with Gasteiger partial charge in [-0.1, -0.05) is 0 Å². The van der Waals surface area contributed by atoms with Crippen LogP contribution in [0.3, 0.4) is 0 Å². The van der Waals surface area contributed by atoms with Gasteiger partial charge in [0.25, 0.3) is 0 Å². The van der Waals surface area contributed by atoms with E-state index in [-0.39, 0.29) is 11.9 Å². The van der Waals surface area contributed by atoms with Gasteiger partial charge in [-0.3, -0.25) is 9.69 Å². The van der Waals surface area contributed by atoms with Crippen molar-refractivity contribution in [2.24, 2.45) is 11.7 Å². The minimum Gasteiger partial charge on any atom is -0.466 e. The number of carbonyl (C=O) groups is 1. The number of hydrogen-bond acceptors (Lipinski definition) is 5. The van der Waals surface area contributed by atoms with E-state index in [1.54, 1.807) is 0 Å². The van der Waals surface area contributed by atoms with Crippen molar-refractivity contribution in [3.63, 3.8) is 0 Å². The average molecular weight is 256 g/mol. The second kappa shape index (κ2) is 5.55. The fourth-order valence-electron chi connectivity index (χ4n) is 3.31. The van der Waals surface area contributed by atoms with Crippen LogP contribution in [-0.2, 0) is 9.53 Å². The lowest BCUT2D eigenvalue weighted by atomic mass is 9.76. The van der Waals surface area contributed by atoms with Gasteiger partial charge in [-0.2, -0.15) is 0 Å². The van der Waals surface area contributed by atoms with Crippen molar-refractivity contribution in [2.75, 3.05) is 26.2 Å². The summed E-state index contributed by atoms with van der Waals surface area (Å²) in [5.74, 6) is 0.136. The number of nitrogens with two attached hydrogens (primary N) is 1. The number of rotatable bonds is 5. The van der Waals surface area contributed by atoms with E-state index >= 15 is 0 Å². The van der Waals surface area contributed by atoms with Gasteiger partial charge in [0.05, 0.1) is 18.6 Å². The van der Waals surface area contributed by atoms with Gasteiger partial charge in [0.15, 0.2) is 0 Å². The Morgan fingerprint density at radius 1 is 1.61 bits per heavy atom. The molecule has 104 valence electrons. The largest absolute Gasteiger partial charge is 0.466 e. The van der Waals surface area contributed by atoms with Crippen LogP contribution in [0.2, 0.25) is 0 Å². The van der Waals surface area contributed by atoms with Gasteiger partial charge >= 0.3 is 5.97 Å². The zero-order valence-corrected chi connectivity index (χ0v) is 11.1. The molecule has 1 aliphatic heterocycles. The quantitative estimate of drug-likeness (QED) is 0.683. The Kier molecular flexibility index (Phi) is 4.25. The first-order valence-electron chi connectivity index (χ1n) is 6.91. The molecular weight excluding hydrogens is 232 g/mol. The predicted molar refractivity (Wildman–Crippen MR) is 68.0 cm³/mol. The average Bonchev–Trinajstić information content (AvgIpc) is 2.72. The van der Waals surface area contributed by atoms with Crippen LogP contribution < -0.4 is 5.73 Å². The Morgan fingerprint density at radius 3 is 3.06 bits per heavy atom. The normalized spacial score (nSPS) is 35.7. The van der Waals surface area contributed by atoms with E-state index < -0.39 is 5.60 Å². The fourth-order valence-corrected chi connectivity index (χ4v) is 3.31. The molecule has 0 aromatic carbocycles. The Labute approximate surface area is 108 Å². The first-order chi connectivity index (χ1) is 8.59. The summed E-state index contributed by atoms with van der Waals surface area (Å²) in [4.78, 5) is 13.7. The standard InChI is InChI=1S/C13H24N2O3/c1-2-18-12(16)4-6-15-8-10-7-11(15)3-5-13(10,17)9-14/h10-11,17H,2-9,14H2,1H3. The highest BCUT2D eigenvalue weighted by atomic mass is 16.5. The Hall–Kier alpha value is -0.650. The maximum Gasteiger partial charge on any atom is 0.307 e. The van der Waals surface area contributed by atoms with Crippen LogP contribution in [0.5, 0.6) is 0 Å². The van der Waals surface area contributed by atoms with Crippen LogP contribution in [0, 0.1) is 5.92 Å². The highest BCUT2D eigenvalue weighted by Crippen LogP contribution is 2.41. The minimum atomic E-state index is -0.685. The number of carbonyl (C=O) groups excluding carboxylic acids is 1. The molecule has 5 nitrogen and oxygen atoms in total. The second-order valence-electron chi connectivity index (χ2n) is 5.48. The van der Waals surface area contributed by atoms with Crippen LogP contribution >= 0.6 is 0 Å². The highest BCUT2D eigenvalue weighted by molar-refractivity contribution is 5.69. The van der Waals surface area contributed by atoms with Crippen molar-refractivity contribution < 1.29 is 14.6 Å². The minimum absolute atomic E-state index is 0.131. The third kappa shape index (κ3) is 2.68. The highest BCUT2D eigenvalue weighted by Gasteiger charge is 2.48. The number of ether oxygens (including phenoxy) is 1. The molecule has 1 heterocycles. The van der Waals surface area contributed by atoms with Gasteiger partial charge in [0.2, 0.25) is 0 Å². The Balaban J connectivity index is 1.85. The molecule has 0 aromatic heterocycles. The van der Waals surface area contributed by atoms with E-state index in [0.717, 1.165) is 32.4 Å². The zero-order valence-electron chi connectivity index (χ0n) is 11.1. The number of nitrogens with zero attached hydrogens (tertiary/aromatic N) is 1. The molecule has 5 heteroatoms. The lowest BCUT2D eigenvalue weighted by Gasteiger charge is -2.36. The maximum atomic E-state index is 11.4. The third-order valence-electron chi connectivity index (χ3n) is 4.46. The van der Waals surface area contributed by atoms with Crippen LogP contribution in [0.15, 0.2) is 0 Å². The number of hydrogen-bond donors (Lipinski definition) is 2. The summed E-state index contributed by atoms with van der Waals surface area (Å²) in [6, 6.07) is 0.510. The first-order valence-corrected chi connectivity index (χ1v) is 6.91. The summed E-state index contributed by atoms with van der Waals surface area (Å²) < 4.78 is 4.94. The molecular formula is C13H24N2O3. The van der Waals surface area contributed by atoms with Crippen LogP contribution in [0.25, 0.3) is 0 Å². The molecule has 1 saturated carbocycles. The molecule has 1 aliphatic carbocycles. The van der Waals surface area contributed by atoms with E-state index in [1.165, 1.54) is 0 Å². The van der Waals surface area contributed by atoms with Crippen LogP contribution in [0.4, 0.5) is 0 Å². The predicted octanol–water partition coefficient (Wildman–Crippen LogP) is 0.114. The van der Waals surface area contributed by atoms with Gasteiger partial charge in [-0.15, -0.1) is 0 Å². The molecule has 2 rings (SSSR count). The molecule has 3 unspecified atom stereocenters. The van der Waals surface area contributed by atoms with Crippen molar-refractivity contribution in [3.05, 3.63) is 0 Å². The SMILES string of the molecule is CCOC(=O)CCN1CC2CC1CCC2(O)CN. The number of esters is 1. The van der Waals surface area contributed by atoms with Gasteiger partial charge in [-0.25, -0.2) is 0 Å². The monoisotopic (exact) mass is 256 g/mol. The molecule has 2 fully saturated rings. The molecule has 2 bridgehead atoms. The summed E-state index contributed by atoms with van der Waals surface area (Å²) in [5, 5.41) is 10.4. The van der Waals surface area contributed by atoms with Crippen molar-refractivity contribution in [3.8, 4) is 0 Å². The molecule has 0 radical (unpaired) electrons. The Bertz CT molecular complexity index is 311. The molecule has 0 amide bonds. The molecule has 0 aromatic rings. The number of fused-ring (bicyclic) bond motifs is 2. The van der Waals surface area contributed by atoms with Crippen LogP contribution in [-0.4, -0.2) is 53.9 Å². The molecule has 1 saturated heterocycles. The summed E-state index contributed by atoms with van der Waals surface area (Å²) in [6.07, 6.45) is 3.22. The molecule has 0 spiro atoms. The van der Waals surface area contributed by atoms with E-state index in [4.69, 9.17) is 10.5 Å². The van der Waals surface area contributed by atoms with E-state index in [9.17, 15) is 9.90 Å². The third-order valence-corrected chi connectivity index (χ3v) is 4.46. The van der Waals surface area contributed by atoms with E-state index in [2.05, 4.69) is 4.90 Å². The molecule has 2 aliphatic rings. The number of aliphatic hydroxyl groups is 1. The molecule has 3 N–H and O–H groups in total. The Morgan fingerprint density at radius 2 is 2.39 bits per heavy atom. The van der Waals surface area contributed by atoms with Gasteiger partial charge in [0, 0.05) is 31.6 Å². The topological polar surface area (TPSA) is 75.8 Å². The van der Waals surface area contributed by atoms with Gasteiger partial charge in [-0.05, 0) is 26.2 Å². The molecule has 18 heavy (non-hydrogen) atoms. The van der Waals surface area contributed by atoms with E-state index in [1.807, 2.05) is 6.92 Å². The number of likely N-dealkylation sites (tertiary alicyclic amines) is 1. The lowest BCUT2D eigenvalue weighted by Crippen LogP contribution is -2.47. The summed E-state index contributed by atoms with van der Waals surface area (Å²) in [6.45, 7) is 4.20. The maximum absolute atomic E-state index is 11.4. The van der Waals surface area contributed by atoms with Crippen molar-refractivity contribution in [1.82, 2.24) is 4.90 Å². The lowest BCUT2D eigenvalue weighted by molar-refractivity contribution is -0.143. The van der Waals surface area contributed by atoms with Gasteiger partial charge < -0.3 is 15.6 Å². The first kappa shape index (κ1) is 13.8. The smallest absolute Gasteiger partial charge is 0.307 e. The fraction of sp³-hybridized carbons (Fsp3) is 0.923. The van der Waals surface area contributed by atoms with Crippen LogP contribution in [0.1, 0.15) is 32.6 Å². The van der Waals surface area contributed by atoms with Crippen molar-refractivity contribution in [1.29, 1.82) is 0 Å². The second-order valence-corrected chi connectivity index (χ2v) is 5.48. The zero-order chi connectivity index (χ0) is 13.2. The van der Waals surface area contributed by atoms with E-state index in [0.29, 0.717) is 25.6 Å². The molecule has 3 atom stereocenters. The van der Waals surface area contributed by atoms with Gasteiger partial charge in [0.1, 0.15) is 0 Å². The summed E-state index contributed by atoms with van der Waals surface area (Å²) >= 11 is 0. The summed E-state index contributed by atoms with van der Waals surface area (Å²) in [5.41, 5.74) is 5.00. The summed E-state index contributed by atoms with van der Waals surface area (Å²) in [7, 11) is 0.